The predicted octanol–water partition coefficient (Wildman–Crippen LogP) is 5.56. The van der Waals surface area contributed by atoms with Gasteiger partial charge in [0.1, 0.15) is 12.3 Å². The number of hydrogen-bond donors (Lipinski definition) is 1. The van der Waals surface area contributed by atoms with Gasteiger partial charge < -0.3 is 9.94 Å². The lowest BCUT2D eigenvalue weighted by atomic mass is 10.0. The molecular weight excluding hydrogens is 447 g/mol. The van der Waals surface area contributed by atoms with Gasteiger partial charge in [0.15, 0.2) is 0 Å². The average Bonchev–Trinajstić information content (AvgIpc) is 3.32. The van der Waals surface area contributed by atoms with Crippen LogP contribution in [0.25, 0.3) is 5.69 Å². The van der Waals surface area contributed by atoms with Gasteiger partial charge >= 0.3 is 12.1 Å². The number of carboxylic acid groups (broad SMARTS) is 1. The Bertz CT molecular complexity index is 1310. The van der Waals surface area contributed by atoms with Crippen LogP contribution in [0.2, 0.25) is 0 Å². The number of para-hydroxylation sites is 1. The van der Waals surface area contributed by atoms with Crippen molar-refractivity contribution in [1.82, 2.24) is 9.78 Å². The Kier molecular flexibility index (Phi) is 6.44. The minimum absolute atomic E-state index is 0.00478. The molecule has 9 heteroatoms. The first-order chi connectivity index (χ1) is 16.3. The van der Waals surface area contributed by atoms with E-state index in [0.29, 0.717) is 11.1 Å². The standard InChI is InChI=1S/C25H18F3N3O3/c26-25(27,28)21-6-4-5-19(13-21)23(20-14-29-31(15-20)22-7-2-1-3-8-22)30-34-16-17-9-11-18(12-10-17)24(32)33/h1-15H,16H2,(H,32,33)/b30-23+. The topological polar surface area (TPSA) is 76.7 Å². The van der Waals surface area contributed by atoms with E-state index in [9.17, 15) is 18.0 Å². The minimum atomic E-state index is -4.51. The van der Waals surface area contributed by atoms with Gasteiger partial charge in [-0.2, -0.15) is 18.3 Å². The molecule has 0 fully saturated rings. The van der Waals surface area contributed by atoms with Crippen LogP contribution in [0, 0.1) is 0 Å². The summed E-state index contributed by atoms with van der Waals surface area (Å²) in [4.78, 5) is 16.4. The fourth-order valence-electron chi connectivity index (χ4n) is 3.20. The highest BCUT2D eigenvalue weighted by Gasteiger charge is 2.31. The summed E-state index contributed by atoms with van der Waals surface area (Å²) in [5.74, 6) is -1.05. The van der Waals surface area contributed by atoms with Crippen LogP contribution in [-0.4, -0.2) is 26.6 Å². The molecule has 4 aromatic rings. The van der Waals surface area contributed by atoms with Gasteiger partial charge in [-0.1, -0.05) is 47.6 Å². The highest BCUT2D eigenvalue weighted by atomic mass is 19.4. The van der Waals surface area contributed by atoms with E-state index in [-0.39, 0.29) is 23.4 Å². The number of nitrogens with zero attached hydrogens (tertiary/aromatic N) is 3. The van der Waals surface area contributed by atoms with Gasteiger partial charge in [0, 0.05) is 17.3 Å². The molecule has 1 N–H and O–H groups in total. The maximum atomic E-state index is 13.3. The molecule has 0 aliphatic heterocycles. The number of benzene rings is 3. The number of carbonyl (C=O) groups is 1. The molecule has 1 heterocycles. The molecule has 0 atom stereocenters. The zero-order valence-corrected chi connectivity index (χ0v) is 17.6. The van der Waals surface area contributed by atoms with Crippen molar-refractivity contribution in [2.45, 2.75) is 12.8 Å². The van der Waals surface area contributed by atoms with Crippen LogP contribution in [0.3, 0.4) is 0 Å². The van der Waals surface area contributed by atoms with Gasteiger partial charge in [0.25, 0.3) is 0 Å². The third-order valence-electron chi connectivity index (χ3n) is 4.93. The van der Waals surface area contributed by atoms with E-state index in [1.54, 1.807) is 23.0 Å². The van der Waals surface area contributed by atoms with Crippen molar-refractivity contribution in [3.8, 4) is 5.69 Å². The highest BCUT2D eigenvalue weighted by molar-refractivity contribution is 6.12. The molecule has 0 aliphatic carbocycles. The Morgan fingerprint density at radius 2 is 1.68 bits per heavy atom. The average molecular weight is 465 g/mol. The van der Waals surface area contributed by atoms with Crippen LogP contribution in [0.5, 0.6) is 0 Å². The molecule has 0 amide bonds. The second kappa shape index (κ2) is 9.62. The molecule has 172 valence electrons. The number of aromatic nitrogens is 2. The molecule has 6 nitrogen and oxygen atoms in total. The molecular formula is C25H18F3N3O3. The van der Waals surface area contributed by atoms with E-state index in [0.717, 1.165) is 17.8 Å². The van der Waals surface area contributed by atoms with Crippen LogP contribution in [-0.2, 0) is 17.6 Å². The maximum absolute atomic E-state index is 13.3. The Morgan fingerprint density at radius 1 is 0.941 bits per heavy atom. The van der Waals surface area contributed by atoms with Crippen molar-refractivity contribution in [1.29, 1.82) is 0 Å². The molecule has 0 saturated heterocycles. The summed E-state index contributed by atoms with van der Waals surface area (Å²) < 4.78 is 41.5. The van der Waals surface area contributed by atoms with Crippen LogP contribution in [0.1, 0.15) is 32.6 Å². The third-order valence-corrected chi connectivity index (χ3v) is 4.93. The number of hydrogen-bond acceptors (Lipinski definition) is 4. The summed E-state index contributed by atoms with van der Waals surface area (Å²) >= 11 is 0. The molecule has 34 heavy (non-hydrogen) atoms. The van der Waals surface area contributed by atoms with E-state index in [2.05, 4.69) is 10.3 Å². The lowest BCUT2D eigenvalue weighted by Gasteiger charge is -2.10. The van der Waals surface area contributed by atoms with Gasteiger partial charge in [-0.3, -0.25) is 0 Å². The molecule has 0 radical (unpaired) electrons. The fourth-order valence-corrected chi connectivity index (χ4v) is 3.20. The minimum Gasteiger partial charge on any atom is -0.478 e. The number of carboxylic acids is 1. The van der Waals surface area contributed by atoms with Crippen molar-refractivity contribution in [2.24, 2.45) is 5.16 Å². The smallest absolute Gasteiger partial charge is 0.416 e. The van der Waals surface area contributed by atoms with Crippen LogP contribution < -0.4 is 0 Å². The summed E-state index contributed by atoms with van der Waals surface area (Å²) in [5, 5.41) is 17.4. The van der Waals surface area contributed by atoms with Crippen LogP contribution in [0.15, 0.2) is 96.4 Å². The molecule has 4 rings (SSSR count). The van der Waals surface area contributed by atoms with E-state index in [1.807, 2.05) is 30.3 Å². The van der Waals surface area contributed by atoms with E-state index in [4.69, 9.17) is 9.94 Å². The summed E-state index contributed by atoms with van der Waals surface area (Å²) in [7, 11) is 0. The second-order valence-electron chi connectivity index (χ2n) is 7.30. The van der Waals surface area contributed by atoms with E-state index in [1.165, 1.54) is 30.5 Å². The molecule has 1 aromatic heterocycles. The normalized spacial score (nSPS) is 11.9. The van der Waals surface area contributed by atoms with E-state index < -0.39 is 17.7 Å². The third kappa shape index (κ3) is 5.32. The summed E-state index contributed by atoms with van der Waals surface area (Å²) in [5.41, 5.74) is 1.60. The van der Waals surface area contributed by atoms with Crippen molar-refractivity contribution < 1.29 is 27.9 Å². The largest absolute Gasteiger partial charge is 0.478 e. The molecule has 0 unspecified atom stereocenters. The Labute approximate surface area is 192 Å². The zero-order chi connectivity index (χ0) is 24.1. The van der Waals surface area contributed by atoms with Crippen molar-refractivity contribution in [3.63, 3.8) is 0 Å². The van der Waals surface area contributed by atoms with Crippen molar-refractivity contribution in [2.75, 3.05) is 0 Å². The van der Waals surface area contributed by atoms with Gasteiger partial charge in [0.2, 0.25) is 0 Å². The van der Waals surface area contributed by atoms with Gasteiger partial charge in [-0.15, -0.1) is 0 Å². The number of oxime groups is 1. The number of halogens is 3. The Hall–Kier alpha value is -4.40. The Balaban J connectivity index is 1.66. The quantitative estimate of drug-likeness (QED) is 0.286. The fraction of sp³-hybridized carbons (Fsp3) is 0.0800. The summed E-state index contributed by atoms with van der Waals surface area (Å²) in [6.07, 6.45) is -1.36. The molecule has 0 saturated carbocycles. The van der Waals surface area contributed by atoms with Gasteiger partial charge in [-0.05, 0) is 42.0 Å². The predicted molar refractivity (Wildman–Crippen MR) is 119 cm³/mol. The zero-order valence-electron chi connectivity index (χ0n) is 17.6. The second-order valence-corrected chi connectivity index (χ2v) is 7.30. The van der Waals surface area contributed by atoms with Crippen LogP contribution >= 0.6 is 0 Å². The first-order valence-electron chi connectivity index (χ1n) is 10.1. The molecule has 0 spiro atoms. The van der Waals surface area contributed by atoms with E-state index >= 15 is 0 Å². The first kappa shape index (κ1) is 22.8. The molecule has 0 bridgehead atoms. The lowest BCUT2D eigenvalue weighted by molar-refractivity contribution is -0.137. The maximum Gasteiger partial charge on any atom is 0.416 e. The lowest BCUT2D eigenvalue weighted by Crippen LogP contribution is -2.09. The first-order valence-corrected chi connectivity index (χ1v) is 10.1. The number of aromatic carboxylic acids is 1. The summed E-state index contributed by atoms with van der Waals surface area (Å²) in [6, 6.07) is 20.1. The summed E-state index contributed by atoms with van der Waals surface area (Å²) in [6.45, 7) is -0.00478. The Morgan fingerprint density at radius 3 is 2.35 bits per heavy atom. The number of alkyl halides is 3. The molecule has 0 aliphatic rings. The van der Waals surface area contributed by atoms with Crippen LogP contribution in [0.4, 0.5) is 13.2 Å². The number of rotatable bonds is 7. The van der Waals surface area contributed by atoms with Gasteiger partial charge in [-0.25, -0.2) is 9.48 Å². The molecule has 3 aromatic carbocycles. The highest BCUT2D eigenvalue weighted by Crippen LogP contribution is 2.30. The van der Waals surface area contributed by atoms with Crippen molar-refractivity contribution >= 4 is 11.7 Å². The monoisotopic (exact) mass is 465 g/mol. The van der Waals surface area contributed by atoms with Gasteiger partial charge in [0.05, 0.1) is 23.0 Å². The van der Waals surface area contributed by atoms with Crippen molar-refractivity contribution in [3.05, 3.63) is 119 Å². The SMILES string of the molecule is O=C(O)c1ccc(CO/N=C(\c2cccc(C(F)(F)F)c2)c2cnn(-c3ccccc3)c2)cc1.